The number of hydrogen-bond acceptors (Lipinski definition) is 3. The predicted molar refractivity (Wildman–Crippen MR) is 70.6 cm³/mol. The standard InChI is InChI=1S/C12H15BrN2O2/c13-8-3-4-11(10(6-8)12(16)17)15-9-2-1-5-14-7-9/h3-4,6,9,14-15H,1-2,5,7H2,(H,16,17)/t9-/m0/s1. The molecule has 0 saturated carbocycles. The van der Waals surface area contributed by atoms with Crippen molar-refractivity contribution in [2.75, 3.05) is 18.4 Å². The van der Waals surface area contributed by atoms with Crippen molar-refractivity contribution in [1.82, 2.24) is 5.32 Å². The van der Waals surface area contributed by atoms with Crippen molar-refractivity contribution in [2.45, 2.75) is 18.9 Å². The SMILES string of the molecule is O=C(O)c1cc(Br)ccc1N[C@H]1CCCNC1. The molecular formula is C12H15BrN2O2. The number of carboxylic acids is 1. The fourth-order valence-corrected chi connectivity index (χ4v) is 2.38. The van der Waals surface area contributed by atoms with Crippen molar-refractivity contribution >= 4 is 27.6 Å². The Hall–Kier alpha value is -1.07. The van der Waals surface area contributed by atoms with Gasteiger partial charge >= 0.3 is 5.97 Å². The van der Waals surface area contributed by atoms with E-state index in [1.54, 1.807) is 6.07 Å². The number of rotatable bonds is 3. The van der Waals surface area contributed by atoms with Crippen molar-refractivity contribution in [1.29, 1.82) is 0 Å². The molecule has 1 fully saturated rings. The van der Waals surface area contributed by atoms with E-state index in [0.29, 0.717) is 17.3 Å². The molecule has 17 heavy (non-hydrogen) atoms. The first-order valence-electron chi connectivity index (χ1n) is 5.67. The number of carbonyl (C=O) groups is 1. The summed E-state index contributed by atoms with van der Waals surface area (Å²) in [5.41, 5.74) is 0.999. The monoisotopic (exact) mass is 298 g/mol. The lowest BCUT2D eigenvalue weighted by atomic mass is 10.1. The van der Waals surface area contributed by atoms with E-state index >= 15 is 0 Å². The molecule has 1 aliphatic rings. The molecule has 1 aromatic carbocycles. The van der Waals surface area contributed by atoms with Gasteiger partial charge in [0.05, 0.1) is 5.56 Å². The minimum absolute atomic E-state index is 0.308. The molecule has 3 N–H and O–H groups in total. The number of benzene rings is 1. The summed E-state index contributed by atoms with van der Waals surface area (Å²) < 4.78 is 0.780. The normalized spacial score (nSPS) is 19.9. The van der Waals surface area contributed by atoms with Gasteiger partial charge < -0.3 is 15.7 Å². The van der Waals surface area contributed by atoms with E-state index in [4.69, 9.17) is 5.11 Å². The summed E-state index contributed by atoms with van der Waals surface area (Å²) in [7, 11) is 0. The van der Waals surface area contributed by atoms with Crippen molar-refractivity contribution in [2.24, 2.45) is 0 Å². The molecule has 1 aromatic rings. The number of nitrogens with one attached hydrogen (secondary N) is 2. The molecule has 1 heterocycles. The zero-order chi connectivity index (χ0) is 12.3. The van der Waals surface area contributed by atoms with Gasteiger partial charge in [0.25, 0.3) is 0 Å². The van der Waals surface area contributed by atoms with E-state index in [2.05, 4.69) is 26.6 Å². The number of piperidine rings is 1. The van der Waals surface area contributed by atoms with Crippen LogP contribution in [0.2, 0.25) is 0 Å². The second-order valence-electron chi connectivity index (χ2n) is 4.18. The fraction of sp³-hybridized carbons (Fsp3) is 0.417. The Kier molecular flexibility index (Phi) is 4.02. The minimum atomic E-state index is -0.905. The summed E-state index contributed by atoms with van der Waals surface area (Å²) in [5.74, 6) is -0.905. The van der Waals surface area contributed by atoms with Crippen LogP contribution < -0.4 is 10.6 Å². The van der Waals surface area contributed by atoms with Gasteiger partial charge in [0, 0.05) is 22.7 Å². The average Bonchev–Trinajstić information content (AvgIpc) is 2.32. The van der Waals surface area contributed by atoms with Gasteiger partial charge in [0.1, 0.15) is 0 Å². The van der Waals surface area contributed by atoms with E-state index in [9.17, 15) is 4.79 Å². The maximum Gasteiger partial charge on any atom is 0.337 e. The van der Waals surface area contributed by atoms with Crippen molar-refractivity contribution in [3.05, 3.63) is 28.2 Å². The van der Waals surface area contributed by atoms with Gasteiger partial charge in [-0.2, -0.15) is 0 Å². The van der Waals surface area contributed by atoms with Gasteiger partial charge in [-0.1, -0.05) is 15.9 Å². The number of aromatic carboxylic acids is 1. The summed E-state index contributed by atoms with van der Waals surface area (Å²) in [4.78, 5) is 11.1. The molecule has 0 bridgehead atoms. The highest BCUT2D eigenvalue weighted by atomic mass is 79.9. The smallest absolute Gasteiger partial charge is 0.337 e. The van der Waals surface area contributed by atoms with Crippen LogP contribution in [0.5, 0.6) is 0 Å². The van der Waals surface area contributed by atoms with Crippen LogP contribution in [0.1, 0.15) is 23.2 Å². The summed E-state index contributed by atoms with van der Waals surface area (Å²) in [6.45, 7) is 1.93. The largest absolute Gasteiger partial charge is 0.478 e. The first-order chi connectivity index (χ1) is 8.16. The Balaban J connectivity index is 2.16. The lowest BCUT2D eigenvalue weighted by Gasteiger charge is -2.25. The fourth-order valence-electron chi connectivity index (χ4n) is 2.01. The van der Waals surface area contributed by atoms with Crippen LogP contribution in [-0.2, 0) is 0 Å². The Bertz CT molecular complexity index is 417. The minimum Gasteiger partial charge on any atom is -0.478 e. The zero-order valence-electron chi connectivity index (χ0n) is 9.37. The van der Waals surface area contributed by atoms with Crippen molar-refractivity contribution in [3.8, 4) is 0 Å². The Labute approximate surface area is 109 Å². The van der Waals surface area contributed by atoms with Gasteiger partial charge in [-0.15, -0.1) is 0 Å². The zero-order valence-corrected chi connectivity index (χ0v) is 11.0. The van der Waals surface area contributed by atoms with Crippen molar-refractivity contribution in [3.63, 3.8) is 0 Å². The average molecular weight is 299 g/mol. The first-order valence-corrected chi connectivity index (χ1v) is 6.46. The van der Waals surface area contributed by atoms with E-state index in [1.165, 1.54) is 0 Å². The maximum absolute atomic E-state index is 11.1. The second kappa shape index (κ2) is 5.51. The third kappa shape index (κ3) is 3.20. The molecule has 5 heteroatoms. The molecular weight excluding hydrogens is 284 g/mol. The van der Waals surface area contributed by atoms with Crippen LogP contribution in [0, 0.1) is 0 Å². The van der Waals surface area contributed by atoms with Crippen LogP contribution in [0.3, 0.4) is 0 Å². The highest BCUT2D eigenvalue weighted by Crippen LogP contribution is 2.22. The molecule has 2 rings (SSSR count). The molecule has 0 aliphatic carbocycles. The maximum atomic E-state index is 11.1. The molecule has 0 aromatic heterocycles. The molecule has 4 nitrogen and oxygen atoms in total. The van der Waals surface area contributed by atoms with E-state index in [-0.39, 0.29) is 0 Å². The van der Waals surface area contributed by atoms with E-state index in [1.807, 2.05) is 12.1 Å². The van der Waals surface area contributed by atoms with Crippen LogP contribution >= 0.6 is 15.9 Å². The van der Waals surface area contributed by atoms with Crippen LogP contribution in [0.4, 0.5) is 5.69 Å². The summed E-state index contributed by atoms with van der Waals surface area (Å²) in [6.07, 6.45) is 2.19. The topological polar surface area (TPSA) is 61.4 Å². The summed E-state index contributed by atoms with van der Waals surface area (Å²) in [6, 6.07) is 5.59. The van der Waals surface area contributed by atoms with Gasteiger partial charge in [0.2, 0.25) is 0 Å². The number of anilines is 1. The molecule has 92 valence electrons. The molecule has 0 amide bonds. The molecule has 1 saturated heterocycles. The Morgan fingerprint density at radius 1 is 1.53 bits per heavy atom. The van der Waals surface area contributed by atoms with Gasteiger partial charge in [0.15, 0.2) is 0 Å². The second-order valence-corrected chi connectivity index (χ2v) is 5.10. The summed E-state index contributed by atoms with van der Waals surface area (Å²) >= 11 is 3.29. The predicted octanol–water partition coefficient (Wildman–Crippen LogP) is 2.31. The van der Waals surface area contributed by atoms with Crippen molar-refractivity contribution < 1.29 is 9.90 Å². The number of carboxylic acid groups (broad SMARTS) is 1. The first kappa shape index (κ1) is 12.4. The molecule has 0 radical (unpaired) electrons. The van der Waals surface area contributed by atoms with Crippen LogP contribution in [-0.4, -0.2) is 30.2 Å². The molecule has 1 atom stereocenters. The highest BCUT2D eigenvalue weighted by molar-refractivity contribution is 9.10. The number of halogens is 1. The van der Waals surface area contributed by atoms with E-state index < -0.39 is 5.97 Å². The Morgan fingerprint density at radius 3 is 3.00 bits per heavy atom. The van der Waals surface area contributed by atoms with E-state index in [0.717, 1.165) is 30.4 Å². The molecule has 0 unspecified atom stereocenters. The molecule has 0 spiro atoms. The van der Waals surface area contributed by atoms with Gasteiger partial charge in [-0.25, -0.2) is 4.79 Å². The van der Waals surface area contributed by atoms with Crippen LogP contribution in [0.25, 0.3) is 0 Å². The number of hydrogen-bond donors (Lipinski definition) is 3. The lowest BCUT2D eigenvalue weighted by Crippen LogP contribution is -2.38. The summed E-state index contributed by atoms with van der Waals surface area (Å²) in [5, 5.41) is 15.7. The molecule has 1 aliphatic heterocycles. The highest BCUT2D eigenvalue weighted by Gasteiger charge is 2.16. The quantitative estimate of drug-likeness (QED) is 0.801. The van der Waals surface area contributed by atoms with Crippen LogP contribution in [0.15, 0.2) is 22.7 Å². The Morgan fingerprint density at radius 2 is 2.35 bits per heavy atom. The third-order valence-electron chi connectivity index (χ3n) is 2.87. The third-order valence-corrected chi connectivity index (χ3v) is 3.36. The van der Waals surface area contributed by atoms with Gasteiger partial charge in [-0.3, -0.25) is 0 Å². The van der Waals surface area contributed by atoms with Gasteiger partial charge in [-0.05, 0) is 37.6 Å². The lowest BCUT2D eigenvalue weighted by molar-refractivity contribution is 0.0698.